The van der Waals surface area contributed by atoms with Gasteiger partial charge in [-0.3, -0.25) is 0 Å². The van der Waals surface area contributed by atoms with Gasteiger partial charge in [-0.2, -0.15) is 4.39 Å². The molecule has 0 atom stereocenters. The van der Waals surface area contributed by atoms with Gasteiger partial charge >= 0.3 is 0 Å². The van der Waals surface area contributed by atoms with E-state index in [1.54, 1.807) is 6.92 Å². The topological polar surface area (TPSA) is 25.8 Å². The van der Waals surface area contributed by atoms with Crippen LogP contribution in [0.15, 0.2) is 24.3 Å². The summed E-state index contributed by atoms with van der Waals surface area (Å²) in [6, 6.07) is 7.36. The van der Waals surface area contributed by atoms with Crippen molar-refractivity contribution in [3.05, 3.63) is 35.8 Å². The van der Waals surface area contributed by atoms with Crippen molar-refractivity contribution in [2.45, 2.75) is 6.92 Å². The molecule has 0 unspecified atom stereocenters. The normalized spacial score (nSPS) is 10.5. The number of rotatable bonds is 0. The Morgan fingerprint density at radius 1 is 1.17 bits per heavy atom. The van der Waals surface area contributed by atoms with E-state index in [9.17, 15) is 4.39 Å². The molecule has 1 heterocycles. The van der Waals surface area contributed by atoms with Gasteiger partial charge in [0.1, 0.15) is 0 Å². The average molecular weight is 162 g/mol. The summed E-state index contributed by atoms with van der Waals surface area (Å²) < 4.78 is 12.9. The summed E-state index contributed by atoms with van der Waals surface area (Å²) in [5.41, 5.74) is 1.29. The zero-order valence-corrected chi connectivity index (χ0v) is 6.58. The number of benzene rings is 1. The molecule has 0 N–H and O–H groups in total. The van der Waals surface area contributed by atoms with Crippen LogP contribution in [0.3, 0.4) is 0 Å². The van der Waals surface area contributed by atoms with E-state index in [0.29, 0.717) is 5.56 Å². The Kier molecular flexibility index (Phi) is 1.50. The maximum Gasteiger partial charge on any atom is 0.236 e. The zero-order chi connectivity index (χ0) is 8.55. The first-order chi connectivity index (χ1) is 5.79. The van der Waals surface area contributed by atoms with Crippen LogP contribution in [-0.4, -0.2) is 10.2 Å². The van der Waals surface area contributed by atoms with Crippen LogP contribution < -0.4 is 0 Å². The van der Waals surface area contributed by atoms with E-state index < -0.39 is 5.95 Å². The van der Waals surface area contributed by atoms with E-state index in [2.05, 4.69) is 10.2 Å². The summed E-state index contributed by atoms with van der Waals surface area (Å²) in [7, 11) is 0. The highest BCUT2D eigenvalue weighted by atomic mass is 19.1. The molecule has 0 aliphatic carbocycles. The molecule has 2 rings (SSSR count). The van der Waals surface area contributed by atoms with Gasteiger partial charge < -0.3 is 0 Å². The van der Waals surface area contributed by atoms with Crippen molar-refractivity contribution >= 4 is 10.9 Å². The molecule has 2 aromatic rings. The predicted molar refractivity (Wildman–Crippen MR) is 44.2 cm³/mol. The number of nitrogens with zero attached hydrogens (tertiary/aromatic N) is 2. The molecule has 12 heavy (non-hydrogen) atoms. The highest BCUT2D eigenvalue weighted by molar-refractivity contribution is 5.80. The quantitative estimate of drug-likeness (QED) is 0.592. The molecule has 3 heteroatoms. The van der Waals surface area contributed by atoms with Crippen molar-refractivity contribution in [1.82, 2.24) is 10.2 Å². The Bertz CT molecular complexity index is 426. The van der Waals surface area contributed by atoms with E-state index in [1.807, 2.05) is 24.3 Å². The summed E-state index contributed by atoms with van der Waals surface area (Å²) >= 11 is 0. The molecule has 0 radical (unpaired) electrons. The van der Waals surface area contributed by atoms with Gasteiger partial charge in [0.25, 0.3) is 0 Å². The third-order valence-electron chi connectivity index (χ3n) is 1.86. The highest BCUT2D eigenvalue weighted by Crippen LogP contribution is 2.15. The van der Waals surface area contributed by atoms with Crippen LogP contribution in [0.4, 0.5) is 4.39 Å². The van der Waals surface area contributed by atoms with Crippen LogP contribution in [0.2, 0.25) is 0 Å². The SMILES string of the molecule is Cc1c(F)nnc2ccccc12. The maximum atomic E-state index is 12.9. The molecule has 0 amide bonds. The van der Waals surface area contributed by atoms with Gasteiger partial charge in [-0.15, -0.1) is 10.2 Å². The molecule has 1 aromatic carbocycles. The lowest BCUT2D eigenvalue weighted by Gasteiger charge is -1.99. The van der Waals surface area contributed by atoms with Crippen LogP contribution >= 0.6 is 0 Å². The standard InChI is InChI=1S/C9H7FN2/c1-6-7-4-2-3-5-8(7)11-12-9(6)10/h2-5H,1H3. The largest absolute Gasteiger partial charge is 0.236 e. The van der Waals surface area contributed by atoms with Crippen molar-refractivity contribution in [1.29, 1.82) is 0 Å². The van der Waals surface area contributed by atoms with Crippen molar-refractivity contribution in [3.63, 3.8) is 0 Å². The number of aromatic nitrogens is 2. The van der Waals surface area contributed by atoms with Gasteiger partial charge in [-0.05, 0) is 13.0 Å². The van der Waals surface area contributed by atoms with Gasteiger partial charge in [-0.1, -0.05) is 18.2 Å². The minimum absolute atomic E-state index is 0.492. The monoisotopic (exact) mass is 162 g/mol. The first-order valence-electron chi connectivity index (χ1n) is 3.66. The van der Waals surface area contributed by atoms with Gasteiger partial charge in [0, 0.05) is 10.9 Å². The lowest BCUT2D eigenvalue weighted by molar-refractivity contribution is 0.559. The van der Waals surface area contributed by atoms with Crippen LogP contribution in [-0.2, 0) is 0 Å². The van der Waals surface area contributed by atoms with Crippen molar-refractivity contribution in [2.24, 2.45) is 0 Å². The second-order valence-electron chi connectivity index (χ2n) is 2.63. The smallest absolute Gasteiger partial charge is 0.183 e. The number of hydrogen-bond acceptors (Lipinski definition) is 2. The zero-order valence-electron chi connectivity index (χ0n) is 6.58. The number of aryl methyl sites for hydroxylation is 1. The molecule has 60 valence electrons. The molecular weight excluding hydrogens is 155 g/mol. The number of hydrogen-bond donors (Lipinski definition) is 0. The lowest BCUT2D eigenvalue weighted by atomic mass is 10.1. The summed E-state index contributed by atoms with van der Waals surface area (Å²) in [6.07, 6.45) is 0. The predicted octanol–water partition coefficient (Wildman–Crippen LogP) is 2.08. The van der Waals surface area contributed by atoms with Crippen LogP contribution in [0.25, 0.3) is 10.9 Å². The van der Waals surface area contributed by atoms with E-state index in [0.717, 1.165) is 10.9 Å². The minimum Gasteiger partial charge on any atom is -0.183 e. The summed E-state index contributed by atoms with van der Waals surface area (Å²) in [6.45, 7) is 1.70. The Morgan fingerprint density at radius 3 is 2.75 bits per heavy atom. The van der Waals surface area contributed by atoms with Crippen LogP contribution in [0, 0.1) is 12.9 Å². The van der Waals surface area contributed by atoms with E-state index in [-0.39, 0.29) is 0 Å². The summed E-state index contributed by atoms with van der Waals surface area (Å²) in [5.74, 6) is -0.492. The first-order valence-corrected chi connectivity index (χ1v) is 3.66. The molecule has 0 bridgehead atoms. The average Bonchev–Trinajstić information content (AvgIpc) is 2.12. The fraction of sp³-hybridized carbons (Fsp3) is 0.111. The highest BCUT2D eigenvalue weighted by Gasteiger charge is 2.03. The fourth-order valence-corrected chi connectivity index (χ4v) is 1.16. The van der Waals surface area contributed by atoms with Crippen LogP contribution in [0.1, 0.15) is 5.56 Å². The second-order valence-corrected chi connectivity index (χ2v) is 2.63. The molecule has 0 saturated carbocycles. The van der Waals surface area contributed by atoms with Gasteiger partial charge in [0.2, 0.25) is 5.95 Å². The summed E-state index contributed by atoms with van der Waals surface area (Å²) in [4.78, 5) is 0. The Balaban J connectivity index is 2.91. The van der Waals surface area contributed by atoms with Crippen molar-refractivity contribution in [2.75, 3.05) is 0 Å². The second kappa shape index (κ2) is 2.52. The van der Waals surface area contributed by atoms with Crippen molar-refractivity contribution < 1.29 is 4.39 Å². The molecule has 0 fully saturated rings. The molecule has 2 nitrogen and oxygen atoms in total. The van der Waals surface area contributed by atoms with Gasteiger partial charge in [0.15, 0.2) is 0 Å². The third-order valence-corrected chi connectivity index (χ3v) is 1.86. The molecule has 0 saturated heterocycles. The Hall–Kier alpha value is -1.51. The molecule has 0 aliphatic heterocycles. The minimum atomic E-state index is -0.492. The van der Waals surface area contributed by atoms with Gasteiger partial charge in [0.05, 0.1) is 5.52 Å². The van der Waals surface area contributed by atoms with Crippen LogP contribution in [0.5, 0.6) is 0 Å². The van der Waals surface area contributed by atoms with Gasteiger partial charge in [-0.25, -0.2) is 0 Å². The van der Waals surface area contributed by atoms with E-state index in [1.165, 1.54) is 0 Å². The summed E-state index contributed by atoms with van der Waals surface area (Å²) in [5, 5.41) is 7.93. The maximum absolute atomic E-state index is 12.9. The Labute approximate surface area is 69.1 Å². The third kappa shape index (κ3) is 0.942. The fourth-order valence-electron chi connectivity index (χ4n) is 1.16. The van der Waals surface area contributed by atoms with Crippen molar-refractivity contribution in [3.8, 4) is 0 Å². The molecule has 1 aromatic heterocycles. The van der Waals surface area contributed by atoms with E-state index in [4.69, 9.17) is 0 Å². The number of fused-ring (bicyclic) bond motifs is 1. The van der Waals surface area contributed by atoms with E-state index >= 15 is 0 Å². The number of halogens is 1. The first kappa shape index (κ1) is 7.16. The Morgan fingerprint density at radius 2 is 1.92 bits per heavy atom. The molecular formula is C9H7FN2. The molecule has 0 aliphatic rings. The lowest BCUT2D eigenvalue weighted by Crippen LogP contribution is -1.93. The molecule has 0 spiro atoms.